The third-order valence-corrected chi connectivity index (χ3v) is 4.66. The fourth-order valence-electron chi connectivity index (χ4n) is 1.78. The number of hydrogen-bond donors (Lipinski definition) is 2. The molecule has 5 nitrogen and oxygen atoms in total. The third-order valence-electron chi connectivity index (χ3n) is 3.11. The number of nitrogens with zero attached hydrogens (tertiary/aromatic N) is 1. The molecule has 0 bridgehead atoms. The molecule has 0 saturated heterocycles. The predicted octanol–water partition coefficient (Wildman–Crippen LogP) is 3.54. The highest BCUT2D eigenvalue weighted by Gasteiger charge is 2.29. The summed E-state index contributed by atoms with van der Waals surface area (Å²) in [5, 5.41) is 13.8. The summed E-state index contributed by atoms with van der Waals surface area (Å²) in [6.45, 7) is 6.22. The summed E-state index contributed by atoms with van der Waals surface area (Å²) in [6, 6.07) is 1.28. The number of carbonyl (C=O) groups is 2. The van der Waals surface area contributed by atoms with Gasteiger partial charge in [0.25, 0.3) is 0 Å². The Hall–Kier alpha value is -1.08. The number of hydrogen-bond acceptors (Lipinski definition) is 3. The molecule has 1 aromatic rings. The van der Waals surface area contributed by atoms with Crippen LogP contribution in [0.1, 0.15) is 32.8 Å². The number of carboxylic acids is 1. The summed E-state index contributed by atoms with van der Waals surface area (Å²) in [6.07, 6.45) is -0.0902. The van der Waals surface area contributed by atoms with Gasteiger partial charge in [-0.25, -0.2) is 4.79 Å². The minimum atomic E-state index is -0.917. The number of aliphatic carboxylic acids is 1. The van der Waals surface area contributed by atoms with Gasteiger partial charge in [-0.15, -0.1) is 11.3 Å². The van der Waals surface area contributed by atoms with Crippen LogP contribution in [0.3, 0.4) is 0 Å². The van der Waals surface area contributed by atoms with Gasteiger partial charge < -0.3 is 15.3 Å². The van der Waals surface area contributed by atoms with E-state index in [2.05, 4.69) is 21.2 Å². The molecule has 2 N–H and O–H groups in total. The Labute approximate surface area is 137 Å². The molecule has 2 amide bonds. The van der Waals surface area contributed by atoms with Crippen molar-refractivity contribution in [3.63, 3.8) is 0 Å². The van der Waals surface area contributed by atoms with E-state index in [0.29, 0.717) is 6.54 Å². The van der Waals surface area contributed by atoms with Gasteiger partial charge in [0.15, 0.2) is 0 Å². The first kappa shape index (κ1) is 18.0. The molecule has 118 valence electrons. The Balaban J connectivity index is 2.65. The monoisotopic (exact) mass is 376 g/mol. The van der Waals surface area contributed by atoms with Crippen LogP contribution in [0.25, 0.3) is 0 Å². The number of urea groups is 1. The SMILES string of the molecule is CN(Cc1csc(Br)c1)C(=O)NC(CC(=O)O)C(C)(C)C. The maximum absolute atomic E-state index is 12.2. The van der Waals surface area contributed by atoms with Crippen molar-refractivity contribution in [1.82, 2.24) is 10.2 Å². The summed E-state index contributed by atoms with van der Waals surface area (Å²) >= 11 is 4.95. The second-order valence-corrected chi connectivity index (χ2v) is 8.37. The first-order valence-corrected chi connectivity index (χ1v) is 8.23. The summed E-state index contributed by atoms with van der Waals surface area (Å²) in [4.78, 5) is 24.7. The standard InChI is InChI=1S/C14H21BrN2O3S/c1-14(2,3)10(6-12(18)19)16-13(20)17(4)7-9-5-11(15)21-8-9/h5,8,10H,6-7H2,1-4H3,(H,16,20)(H,18,19). The Kier molecular flexibility index (Phi) is 6.22. The fraction of sp³-hybridized carbons (Fsp3) is 0.571. The van der Waals surface area contributed by atoms with Crippen LogP contribution >= 0.6 is 27.3 Å². The normalized spacial score (nSPS) is 12.8. The first-order valence-electron chi connectivity index (χ1n) is 6.56. The summed E-state index contributed by atoms with van der Waals surface area (Å²) in [5.41, 5.74) is 0.718. The zero-order valence-electron chi connectivity index (χ0n) is 12.6. The number of carbonyl (C=O) groups excluding carboxylic acids is 1. The largest absolute Gasteiger partial charge is 0.481 e. The quantitative estimate of drug-likeness (QED) is 0.825. The van der Waals surface area contributed by atoms with Gasteiger partial charge in [-0.1, -0.05) is 20.8 Å². The molecule has 1 unspecified atom stereocenters. The van der Waals surface area contributed by atoms with Gasteiger partial charge in [-0.05, 0) is 38.4 Å². The lowest BCUT2D eigenvalue weighted by Gasteiger charge is -2.32. The zero-order chi connectivity index (χ0) is 16.2. The molecule has 0 aliphatic heterocycles. The summed E-state index contributed by atoms with van der Waals surface area (Å²) in [5.74, 6) is -0.917. The maximum Gasteiger partial charge on any atom is 0.317 e. The van der Waals surface area contributed by atoms with Crippen molar-refractivity contribution in [3.8, 4) is 0 Å². The Bertz CT molecular complexity index is 511. The molecule has 1 rings (SSSR count). The van der Waals surface area contributed by atoms with E-state index >= 15 is 0 Å². The molecule has 0 aliphatic carbocycles. The van der Waals surface area contributed by atoms with Crippen molar-refractivity contribution in [2.45, 2.75) is 39.8 Å². The Morgan fingerprint density at radius 3 is 2.52 bits per heavy atom. The fourth-order valence-corrected chi connectivity index (χ4v) is 2.98. The number of rotatable bonds is 5. The van der Waals surface area contributed by atoms with E-state index in [-0.39, 0.29) is 17.9 Å². The van der Waals surface area contributed by atoms with E-state index in [0.717, 1.165) is 9.35 Å². The first-order chi connectivity index (χ1) is 9.59. The Morgan fingerprint density at radius 2 is 2.10 bits per heavy atom. The molecule has 1 atom stereocenters. The lowest BCUT2D eigenvalue weighted by atomic mass is 9.85. The van der Waals surface area contributed by atoms with Gasteiger partial charge in [0.05, 0.1) is 10.2 Å². The predicted molar refractivity (Wildman–Crippen MR) is 87.5 cm³/mol. The highest BCUT2D eigenvalue weighted by Crippen LogP contribution is 2.23. The van der Waals surface area contributed by atoms with Gasteiger partial charge in [0, 0.05) is 19.6 Å². The second-order valence-electron chi connectivity index (χ2n) is 6.08. The number of halogens is 1. The number of thiophene rings is 1. The van der Waals surface area contributed by atoms with E-state index < -0.39 is 12.0 Å². The van der Waals surface area contributed by atoms with Crippen LogP contribution < -0.4 is 5.32 Å². The van der Waals surface area contributed by atoms with E-state index in [1.807, 2.05) is 32.2 Å². The van der Waals surface area contributed by atoms with Crippen LogP contribution in [0.2, 0.25) is 0 Å². The smallest absolute Gasteiger partial charge is 0.317 e. The van der Waals surface area contributed by atoms with Crippen molar-refractivity contribution in [2.75, 3.05) is 7.05 Å². The molecule has 1 heterocycles. The molecule has 0 aromatic carbocycles. The highest BCUT2D eigenvalue weighted by molar-refractivity contribution is 9.11. The van der Waals surface area contributed by atoms with Crippen molar-refractivity contribution < 1.29 is 14.7 Å². The minimum Gasteiger partial charge on any atom is -0.481 e. The molecule has 0 aliphatic rings. The van der Waals surface area contributed by atoms with E-state index in [1.54, 1.807) is 23.3 Å². The molecule has 0 saturated carbocycles. The third kappa shape index (κ3) is 6.05. The van der Waals surface area contributed by atoms with Gasteiger partial charge in [0.1, 0.15) is 0 Å². The number of carboxylic acid groups (broad SMARTS) is 1. The molecule has 1 aromatic heterocycles. The molecule has 0 fully saturated rings. The number of nitrogens with one attached hydrogen (secondary N) is 1. The van der Waals surface area contributed by atoms with E-state index in [9.17, 15) is 9.59 Å². The topological polar surface area (TPSA) is 69.6 Å². The van der Waals surface area contributed by atoms with Crippen LogP contribution in [-0.2, 0) is 11.3 Å². The average Bonchev–Trinajstić information content (AvgIpc) is 2.72. The van der Waals surface area contributed by atoms with Crippen LogP contribution in [0.15, 0.2) is 15.2 Å². The molecular formula is C14H21BrN2O3S. The van der Waals surface area contributed by atoms with Crippen molar-refractivity contribution in [2.24, 2.45) is 5.41 Å². The number of amides is 2. The van der Waals surface area contributed by atoms with Crippen molar-refractivity contribution in [1.29, 1.82) is 0 Å². The lowest BCUT2D eigenvalue weighted by Crippen LogP contribution is -2.49. The summed E-state index contributed by atoms with van der Waals surface area (Å²) < 4.78 is 1.02. The van der Waals surface area contributed by atoms with Crippen LogP contribution in [0, 0.1) is 5.41 Å². The zero-order valence-corrected chi connectivity index (χ0v) is 15.0. The minimum absolute atomic E-state index is 0.0902. The van der Waals surface area contributed by atoms with Gasteiger partial charge in [-0.3, -0.25) is 4.79 Å². The molecule has 0 spiro atoms. The highest BCUT2D eigenvalue weighted by atomic mass is 79.9. The van der Waals surface area contributed by atoms with Crippen LogP contribution in [0.4, 0.5) is 4.79 Å². The van der Waals surface area contributed by atoms with Crippen LogP contribution in [0.5, 0.6) is 0 Å². The molecule has 21 heavy (non-hydrogen) atoms. The molecular weight excluding hydrogens is 356 g/mol. The van der Waals surface area contributed by atoms with Gasteiger partial charge in [-0.2, -0.15) is 0 Å². The van der Waals surface area contributed by atoms with Gasteiger partial charge >= 0.3 is 12.0 Å². The average molecular weight is 377 g/mol. The Morgan fingerprint density at radius 1 is 1.48 bits per heavy atom. The van der Waals surface area contributed by atoms with Crippen LogP contribution in [-0.4, -0.2) is 35.1 Å². The maximum atomic E-state index is 12.2. The van der Waals surface area contributed by atoms with Crippen molar-refractivity contribution >= 4 is 39.3 Å². The van der Waals surface area contributed by atoms with Crippen molar-refractivity contribution in [3.05, 3.63) is 20.8 Å². The second kappa shape index (κ2) is 7.26. The van der Waals surface area contributed by atoms with E-state index in [4.69, 9.17) is 5.11 Å². The summed E-state index contributed by atoms with van der Waals surface area (Å²) in [7, 11) is 1.70. The van der Waals surface area contributed by atoms with E-state index in [1.165, 1.54) is 0 Å². The molecule has 7 heteroatoms. The lowest BCUT2D eigenvalue weighted by molar-refractivity contribution is -0.138. The van der Waals surface area contributed by atoms with Gasteiger partial charge in [0.2, 0.25) is 0 Å². The molecule has 0 radical (unpaired) electrons.